The van der Waals surface area contributed by atoms with Crippen LogP contribution in [-0.2, 0) is 0 Å². The van der Waals surface area contributed by atoms with Crippen LogP contribution in [0.2, 0.25) is 5.15 Å². The molecule has 1 aromatic rings. The number of rotatable bonds is 1. The molecule has 1 saturated heterocycles. The van der Waals surface area contributed by atoms with E-state index in [4.69, 9.17) is 17.3 Å². The lowest BCUT2D eigenvalue weighted by Crippen LogP contribution is -2.44. The van der Waals surface area contributed by atoms with E-state index in [1.165, 1.54) is 0 Å². The largest absolute Gasteiger partial charge is 0.399 e. The topological polar surface area (TPSA) is 45.4 Å². The minimum Gasteiger partial charge on any atom is -0.399 e. The van der Waals surface area contributed by atoms with Crippen LogP contribution in [0.1, 0.15) is 0 Å². The lowest BCUT2D eigenvalue weighted by atomic mass is 10.3. The highest BCUT2D eigenvalue weighted by molar-refractivity contribution is 6.29. The number of pyridine rings is 1. The lowest BCUT2D eigenvalue weighted by molar-refractivity contribution is 0.312. The van der Waals surface area contributed by atoms with E-state index >= 15 is 0 Å². The zero-order chi connectivity index (χ0) is 10.8. The summed E-state index contributed by atoms with van der Waals surface area (Å²) in [6.07, 6.45) is 0. The summed E-state index contributed by atoms with van der Waals surface area (Å²) >= 11 is 5.87. The SMILES string of the molecule is CN1CCN(c2cc(N)cc(Cl)n2)CC1. The maximum absolute atomic E-state index is 5.87. The van der Waals surface area contributed by atoms with Gasteiger partial charge in [0.2, 0.25) is 0 Å². The molecule has 0 radical (unpaired) electrons. The molecule has 0 aromatic carbocycles. The second-order valence-corrected chi connectivity index (χ2v) is 4.26. The quantitative estimate of drug-likeness (QED) is 0.728. The lowest BCUT2D eigenvalue weighted by Gasteiger charge is -2.33. The number of piperazine rings is 1. The Balaban J connectivity index is 2.15. The highest BCUT2D eigenvalue weighted by Crippen LogP contribution is 2.20. The smallest absolute Gasteiger partial charge is 0.133 e. The third-order valence-corrected chi connectivity index (χ3v) is 2.82. The molecule has 82 valence electrons. The Labute approximate surface area is 94.6 Å². The average molecular weight is 227 g/mol. The molecule has 2 heterocycles. The van der Waals surface area contributed by atoms with Crippen molar-refractivity contribution < 1.29 is 0 Å². The van der Waals surface area contributed by atoms with Gasteiger partial charge in [-0.05, 0) is 13.1 Å². The van der Waals surface area contributed by atoms with Crippen LogP contribution < -0.4 is 10.6 Å². The molecule has 0 bridgehead atoms. The fraction of sp³-hybridized carbons (Fsp3) is 0.500. The van der Waals surface area contributed by atoms with Gasteiger partial charge in [-0.15, -0.1) is 0 Å². The predicted octanol–water partition coefficient (Wildman–Crippen LogP) is 1.07. The summed E-state index contributed by atoms with van der Waals surface area (Å²) < 4.78 is 0. The fourth-order valence-electron chi connectivity index (χ4n) is 1.70. The monoisotopic (exact) mass is 226 g/mol. The molecule has 2 rings (SSSR count). The molecular formula is C10H15ClN4. The van der Waals surface area contributed by atoms with E-state index < -0.39 is 0 Å². The first-order valence-electron chi connectivity index (χ1n) is 5.02. The van der Waals surface area contributed by atoms with Gasteiger partial charge >= 0.3 is 0 Å². The van der Waals surface area contributed by atoms with Crippen molar-refractivity contribution in [2.45, 2.75) is 0 Å². The number of aromatic nitrogens is 1. The maximum Gasteiger partial charge on any atom is 0.133 e. The zero-order valence-electron chi connectivity index (χ0n) is 8.78. The molecule has 1 aliphatic heterocycles. The number of hydrogen-bond donors (Lipinski definition) is 1. The van der Waals surface area contributed by atoms with Crippen LogP contribution in [-0.4, -0.2) is 43.1 Å². The number of likely N-dealkylation sites (N-methyl/N-ethyl adjacent to an activating group) is 1. The summed E-state index contributed by atoms with van der Waals surface area (Å²) in [6, 6.07) is 3.54. The van der Waals surface area contributed by atoms with Crippen molar-refractivity contribution in [3.8, 4) is 0 Å². The molecular weight excluding hydrogens is 212 g/mol. The molecule has 0 atom stereocenters. The van der Waals surface area contributed by atoms with Crippen molar-refractivity contribution in [3.05, 3.63) is 17.3 Å². The zero-order valence-corrected chi connectivity index (χ0v) is 9.54. The molecule has 1 aliphatic rings. The maximum atomic E-state index is 5.87. The van der Waals surface area contributed by atoms with Gasteiger partial charge in [0.25, 0.3) is 0 Å². The van der Waals surface area contributed by atoms with Gasteiger partial charge in [-0.1, -0.05) is 11.6 Å². The molecule has 0 saturated carbocycles. The van der Waals surface area contributed by atoms with Gasteiger partial charge in [0.05, 0.1) is 0 Å². The summed E-state index contributed by atoms with van der Waals surface area (Å²) in [5, 5.41) is 0.462. The Morgan fingerprint density at radius 3 is 2.53 bits per heavy atom. The van der Waals surface area contributed by atoms with Crippen molar-refractivity contribution in [1.29, 1.82) is 0 Å². The average Bonchev–Trinajstić information content (AvgIpc) is 2.17. The van der Waals surface area contributed by atoms with E-state index in [1.807, 2.05) is 6.07 Å². The van der Waals surface area contributed by atoms with Gasteiger partial charge in [-0.25, -0.2) is 4.98 Å². The Bertz CT molecular complexity index is 327. The van der Waals surface area contributed by atoms with Gasteiger partial charge in [-0.2, -0.15) is 0 Å². The first-order valence-corrected chi connectivity index (χ1v) is 5.39. The van der Waals surface area contributed by atoms with E-state index in [1.54, 1.807) is 6.07 Å². The third-order valence-electron chi connectivity index (χ3n) is 2.63. The summed E-state index contributed by atoms with van der Waals surface area (Å²) in [5.74, 6) is 0.883. The van der Waals surface area contributed by atoms with Crippen molar-refractivity contribution in [2.24, 2.45) is 0 Å². The molecule has 0 spiro atoms. The highest BCUT2D eigenvalue weighted by Gasteiger charge is 2.15. The van der Waals surface area contributed by atoms with Crippen LogP contribution in [0.5, 0.6) is 0 Å². The molecule has 4 nitrogen and oxygen atoms in total. The summed E-state index contributed by atoms with van der Waals surface area (Å²) in [6.45, 7) is 4.05. The van der Waals surface area contributed by atoms with E-state index in [0.717, 1.165) is 32.0 Å². The number of anilines is 2. The number of hydrogen-bond acceptors (Lipinski definition) is 4. The van der Waals surface area contributed by atoms with Crippen LogP contribution in [0.15, 0.2) is 12.1 Å². The van der Waals surface area contributed by atoms with E-state index in [2.05, 4.69) is 21.8 Å². The summed E-state index contributed by atoms with van der Waals surface area (Å²) in [5.41, 5.74) is 6.40. The van der Waals surface area contributed by atoms with Crippen molar-refractivity contribution >= 4 is 23.1 Å². The van der Waals surface area contributed by atoms with Gasteiger partial charge in [-0.3, -0.25) is 0 Å². The van der Waals surface area contributed by atoms with Crippen molar-refractivity contribution in [1.82, 2.24) is 9.88 Å². The standard InChI is InChI=1S/C10H15ClN4/c1-14-2-4-15(5-3-14)10-7-8(12)6-9(11)13-10/h6-7H,2-5H2,1H3,(H2,12,13). The molecule has 1 fully saturated rings. The van der Waals surface area contributed by atoms with Crippen molar-refractivity contribution in [2.75, 3.05) is 43.9 Å². The molecule has 1 aromatic heterocycles. The second kappa shape index (κ2) is 4.24. The normalized spacial score (nSPS) is 18.1. The van der Waals surface area contributed by atoms with E-state index in [9.17, 15) is 0 Å². The minimum absolute atomic E-state index is 0.462. The Morgan fingerprint density at radius 1 is 1.27 bits per heavy atom. The fourth-order valence-corrected chi connectivity index (χ4v) is 1.91. The predicted molar refractivity (Wildman–Crippen MR) is 63.4 cm³/mol. The second-order valence-electron chi connectivity index (χ2n) is 3.87. The van der Waals surface area contributed by atoms with Crippen LogP contribution in [0.3, 0.4) is 0 Å². The van der Waals surface area contributed by atoms with Gasteiger partial charge in [0, 0.05) is 37.9 Å². The first-order chi connectivity index (χ1) is 7.15. The molecule has 0 aliphatic carbocycles. The number of nitrogens with zero attached hydrogens (tertiary/aromatic N) is 3. The molecule has 0 amide bonds. The minimum atomic E-state index is 0.462. The summed E-state index contributed by atoms with van der Waals surface area (Å²) in [7, 11) is 2.12. The molecule has 15 heavy (non-hydrogen) atoms. The van der Waals surface area contributed by atoms with Crippen LogP contribution in [0.25, 0.3) is 0 Å². The molecule has 5 heteroatoms. The van der Waals surface area contributed by atoms with Gasteiger partial charge in [0.1, 0.15) is 11.0 Å². The van der Waals surface area contributed by atoms with Crippen LogP contribution >= 0.6 is 11.6 Å². The Hall–Kier alpha value is -1.00. The number of nitrogens with two attached hydrogens (primary N) is 1. The third kappa shape index (κ3) is 2.52. The van der Waals surface area contributed by atoms with Crippen LogP contribution in [0, 0.1) is 0 Å². The summed E-state index contributed by atoms with van der Waals surface area (Å²) in [4.78, 5) is 8.78. The first kappa shape index (κ1) is 10.5. The highest BCUT2D eigenvalue weighted by atomic mass is 35.5. The molecule has 2 N–H and O–H groups in total. The number of halogens is 1. The Morgan fingerprint density at radius 2 is 1.93 bits per heavy atom. The van der Waals surface area contributed by atoms with E-state index in [0.29, 0.717) is 10.8 Å². The Kier molecular flexibility index (Phi) is 2.98. The molecule has 0 unspecified atom stereocenters. The van der Waals surface area contributed by atoms with Gasteiger partial charge < -0.3 is 15.5 Å². The van der Waals surface area contributed by atoms with E-state index in [-0.39, 0.29) is 0 Å². The van der Waals surface area contributed by atoms with Gasteiger partial charge in [0.15, 0.2) is 0 Å². The van der Waals surface area contributed by atoms with Crippen LogP contribution in [0.4, 0.5) is 11.5 Å². The number of nitrogen functional groups attached to an aromatic ring is 1. The van der Waals surface area contributed by atoms with Crippen molar-refractivity contribution in [3.63, 3.8) is 0 Å².